The molecule has 2 amide bonds. The number of urea groups is 1. The van der Waals surface area contributed by atoms with E-state index in [-0.39, 0.29) is 34.7 Å². The highest BCUT2D eigenvalue weighted by molar-refractivity contribution is 6.39. The molecule has 3 atom stereocenters. The lowest BCUT2D eigenvalue weighted by Gasteiger charge is -2.37. The van der Waals surface area contributed by atoms with Gasteiger partial charge in [-0.2, -0.15) is 0 Å². The van der Waals surface area contributed by atoms with Gasteiger partial charge in [0.1, 0.15) is 11.5 Å². The first-order valence-electron chi connectivity index (χ1n) is 15.4. The third-order valence-electron chi connectivity index (χ3n) is 8.69. The van der Waals surface area contributed by atoms with E-state index >= 15 is 0 Å². The summed E-state index contributed by atoms with van der Waals surface area (Å²) in [7, 11) is 4.36. The van der Waals surface area contributed by atoms with Crippen LogP contribution in [0.4, 0.5) is 30.8 Å². The number of aliphatic hydroxyl groups excluding tert-OH is 2. The Morgan fingerprint density at radius 1 is 1.04 bits per heavy atom. The Hall–Kier alpha value is -4.11. The number of rotatable bonds is 9. The van der Waals surface area contributed by atoms with Gasteiger partial charge in [-0.15, -0.1) is 0 Å². The van der Waals surface area contributed by atoms with Crippen molar-refractivity contribution < 1.29 is 33.3 Å². The average Bonchev–Trinajstić information content (AvgIpc) is 3.10. The normalized spacial score (nSPS) is 19.3. The zero-order chi connectivity index (χ0) is 35.0. The number of methoxy groups -OCH3 is 1. The number of amides is 2. The number of halogens is 4. The summed E-state index contributed by atoms with van der Waals surface area (Å²) in [5.41, 5.74) is 3.05. The number of fused-ring (bicyclic) bond motifs is 1. The van der Waals surface area contributed by atoms with Crippen molar-refractivity contribution in [2.45, 2.75) is 37.8 Å². The molecule has 2 aliphatic rings. The Kier molecular flexibility index (Phi) is 10.2. The van der Waals surface area contributed by atoms with Crippen molar-refractivity contribution in [3.63, 3.8) is 0 Å². The molecule has 4 heterocycles. The third-order valence-corrected chi connectivity index (χ3v) is 9.50. The minimum Gasteiger partial charge on any atom is -0.481 e. The fourth-order valence-corrected chi connectivity index (χ4v) is 6.57. The van der Waals surface area contributed by atoms with Crippen LogP contribution in [0.3, 0.4) is 0 Å². The zero-order valence-electron chi connectivity index (χ0n) is 26.8. The van der Waals surface area contributed by atoms with Crippen molar-refractivity contribution in [2.24, 2.45) is 0 Å². The molecule has 11 nitrogen and oxygen atoms in total. The van der Waals surface area contributed by atoms with Crippen LogP contribution in [0.25, 0.3) is 22.4 Å². The van der Waals surface area contributed by atoms with E-state index in [9.17, 15) is 23.8 Å². The summed E-state index contributed by atoms with van der Waals surface area (Å²) in [5, 5.41) is 28.1. The second-order valence-corrected chi connectivity index (χ2v) is 12.5. The number of carbonyl (C=O) groups is 1. The Labute approximate surface area is 291 Å². The van der Waals surface area contributed by atoms with Gasteiger partial charge in [0.2, 0.25) is 5.88 Å². The maximum absolute atomic E-state index is 13.9. The first-order valence-corrected chi connectivity index (χ1v) is 16.1. The standard InChI is InChI=1S/C34H34Cl2F2N6O5/c1-43-25-14-24(30(37)38)41-31(27(25)33(46)44(2)34(43)47)40-23-9-5-7-19(29(23)36)18-6-4-8-20(28(18)35)21-11-10-17(32(42-21)48-3)15-39-22-12-13-49-16-26(22)45/h4-11,14,22,26,30,33,39,45-46H,12-13,15-16H2,1-3H3,(H,40,41). The summed E-state index contributed by atoms with van der Waals surface area (Å²) in [6.45, 7) is 1.29. The van der Waals surface area contributed by atoms with Gasteiger partial charge in [-0.3, -0.25) is 9.80 Å². The molecular weight excluding hydrogens is 681 g/mol. The number of pyridine rings is 2. The number of aromatic nitrogens is 2. The van der Waals surface area contributed by atoms with E-state index in [1.165, 1.54) is 26.1 Å². The number of hydrogen-bond donors (Lipinski definition) is 4. The quantitative estimate of drug-likeness (QED) is 0.153. The molecule has 2 aliphatic heterocycles. The monoisotopic (exact) mass is 714 g/mol. The van der Waals surface area contributed by atoms with Gasteiger partial charge >= 0.3 is 6.03 Å². The molecule has 1 saturated heterocycles. The van der Waals surface area contributed by atoms with Crippen molar-refractivity contribution in [1.82, 2.24) is 20.2 Å². The molecule has 258 valence electrons. The summed E-state index contributed by atoms with van der Waals surface area (Å²) in [6.07, 6.45) is -4.30. The van der Waals surface area contributed by atoms with E-state index in [1.54, 1.807) is 24.3 Å². The van der Waals surface area contributed by atoms with Gasteiger partial charge in [0, 0.05) is 55.5 Å². The van der Waals surface area contributed by atoms with E-state index in [2.05, 4.69) is 15.6 Å². The molecule has 0 bridgehead atoms. The predicted molar refractivity (Wildman–Crippen MR) is 183 cm³/mol. The van der Waals surface area contributed by atoms with Crippen LogP contribution in [-0.2, 0) is 11.3 Å². The smallest absolute Gasteiger partial charge is 0.326 e. The molecule has 4 aromatic rings. The number of aliphatic hydroxyl groups is 2. The highest BCUT2D eigenvalue weighted by Gasteiger charge is 2.36. The Balaban J connectivity index is 1.32. The number of nitrogens with zero attached hydrogens (tertiary/aromatic N) is 4. The molecule has 49 heavy (non-hydrogen) atoms. The number of hydrogen-bond acceptors (Lipinski definition) is 9. The molecule has 2 aromatic heterocycles. The maximum Gasteiger partial charge on any atom is 0.326 e. The van der Waals surface area contributed by atoms with Gasteiger partial charge in [-0.05, 0) is 24.6 Å². The molecule has 4 N–H and O–H groups in total. The molecule has 2 aromatic carbocycles. The number of anilines is 3. The molecule has 15 heteroatoms. The van der Waals surface area contributed by atoms with Crippen LogP contribution in [0.2, 0.25) is 10.0 Å². The van der Waals surface area contributed by atoms with E-state index in [1.807, 2.05) is 24.3 Å². The third kappa shape index (κ3) is 6.74. The Morgan fingerprint density at radius 3 is 2.47 bits per heavy atom. The Bertz CT molecular complexity index is 1890. The first kappa shape index (κ1) is 34.7. The molecule has 3 unspecified atom stereocenters. The molecule has 1 fully saturated rings. The number of nitrogens with one attached hydrogen (secondary N) is 2. The minimum absolute atomic E-state index is 0.0809. The van der Waals surface area contributed by atoms with E-state index in [4.69, 9.17) is 37.7 Å². The zero-order valence-corrected chi connectivity index (χ0v) is 28.3. The Morgan fingerprint density at radius 2 is 1.76 bits per heavy atom. The molecule has 0 aliphatic carbocycles. The van der Waals surface area contributed by atoms with Crippen molar-refractivity contribution in [3.05, 3.63) is 81.5 Å². The lowest BCUT2D eigenvalue weighted by Crippen LogP contribution is -2.46. The second-order valence-electron chi connectivity index (χ2n) is 11.7. The highest BCUT2D eigenvalue weighted by Crippen LogP contribution is 2.44. The maximum atomic E-state index is 13.9. The first-order chi connectivity index (χ1) is 23.5. The fraction of sp³-hybridized carbons (Fsp3) is 0.324. The molecule has 0 saturated carbocycles. The topological polar surface area (TPSA) is 132 Å². The minimum atomic E-state index is -2.94. The molecule has 0 radical (unpaired) electrons. The summed E-state index contributed by atoms with van der Waals surface area (Å²) < 4.78 is 38.7. The summed E-state index contributed by atoms with van der Waals surface area (Å²) in [6, 6.07) is 14.7. The van der Waals surface area contributed by atoms with E-state index < -0.39 is 30.5 Å². The van der Waals surface area contributed by atoms with Gasteiger partial charge in [0.05, 0.1) is 52.5 Å². The number of ether oxygens (including phenoxy) is 2. The van der Waals surface area contributed by atoms with Crippen LogP contribution in [-0.4, -0.2) is 77.7 Å². The number of carbonyl (C=O) groups excluding carboxylic acids is 1. The molecule has 0 spiro atoms. The van der Waals surface area contributed by atoms with Crippen LogP contribution in [0.15, 0.2) is 54.6 Å². The summed E-state index contributed by atoms with van der Waals surface area (Å²) in [4.78, 5) is 23.7. The molecule has 6 rings (SSSR count). The van der Waals surface area contributed by atoms with Crippen LogP contribution in [0.1, 0.15) is 35.9 Å². The predicted octanol–water partition coefficient (Wildman–Crippen LogP) is 6.54. The number of alkyl halides is 2. The highest BCUT2D eigenvalue weighted by atomic mass is 35.5. The van der Waals surface area contributed by atoms with Gasteiger partial charge in [-0.25, -0.2) is 23.5 Å². The van der Waals surface area contributed by atoms with Gasteiger partial charge in [0.15, 0.2) is 6.23 Å². The molecular formula is C34H34Cl2F2N6O5. The van der Waals surface area contributed by atoms with Gasteiger partial charge in [0.25, 0.3) is 6.43 Å². The largest absolute Gasteiger partial charge is 0.481 e. The van der Waals surface area contributed by atoms with Gasteiger partial charge < -0.3 is 30.3 Å². The van der Waals surface area contributed by atoms with E-state index in [0.29, 0.717) is 58.5 Å². The number of benzene rings is 2. The van der Waals surface area contributed by atoms with Crippen LogP contribution in [0.5, 0.6) is 5.88 Å². The summed E-state index contributed by atoms with van der Waals surface area (Å²) in [5.74, 6) is 0.321. The SMILES string of the molecule is COc1nc(-c2cccc(-c3cccc(Nc4nc(C(F)F)cc5c4C(O)N(C)C(=O)N5C)c3Cl)c2Cl)ccc1CNC1CCOCC1O. The van der Waals surface area contributed by atoms with Crippen molar-refractivity contribution in [1.29, 1.82) is 0 Å². The van der Waals surface area contributed by atoms with Crippen LogP contribution in [0, 0.1) is 0 Å². The summed E-state index contributed by atoms with van der Waals surface area (Å²) >= 11 is 13.9. The van der Waals surface area contributed by atoms with E-state index in [0.717, 1.165) is 16.5 Å². The van der Waals surface area contributed by atoms with Gasteiger partial charge in [-0.1, -0.05) is 59.6 Å². The fourth-order valence-electron chi connectivity index (χ4n) is 5.97. The van der Waals surface area contributed by atoms with Crippen molar-refractivity contribution >= 4 is 46.4 Å². The average molecular weight is 716 g/mol. The second kappa shape index (κ2) is 14.4. The van der Waals surface area contributed by atoms with Crippen LogP contribution < -0.4 is 20.3 Å². The lowest BCUT2D eigenvalue weighted by atomic mass is 10.00. The van der Waals surface area contributed by atoms with Crippen LogP contribution >= 0.6 is 23.2 Å². The lowest BCUT2D eigenvalue weighted by molar-refractivity contribution is -0.0281. The van der Waals surface area contributed by atoms with Crippen molar-refractivity contribution in [3.8, 4) is 28.3 Å². The van der Waals surface area contributed by atoms with Crippen molar-refractivity contribution in [2.75, 3.05) is 44.6 Å².